The number of hydrogen-bond acceptors (Lipinski definition) is 3. The van der Waals surface area contributed by atoms with Crippen LogP contribution in [0.25, 0.3) is 0 Å². The first-order valence-corrected chi connectivity index (χ1v) is 6.40. The highest BCUT2D eigenvalue weighted by Gasteiger charge is 2.19. The molecular formula is C12H16O2S. The minimum Gasteiger partial charge on any atom is -0.460 e. The first-order chi connectivity index (χ1) is 7.34. The van der Waals surface area contributed by atoms with E-state index in [2.05, 4.69) is 0 Å². The maximum Gasteiger partial charge on any atom is 0.306 e. The Bertz CT molecular complexity index is 299. The third kappa shape index (κ3) is 3.34. The van der Waals surface area contributed by atoms with E-state index in [9.17, 15) is 4.79 Å². The summed E-state index contributed by atoms with van der Waals surface area (Å²) >= 11 is 1.63. The molecule has 15 heavy (non-hydrogen) atoms. The van der Waals surface area contributed by atoms with Crippen molar-refractivity contribution < 1.29 is 9.53 Å². The van der Waals surface area contributed by atoms with Crippen molar-refractivity contribution in [3.8, 4) is 0 Å². The predicted octanol–water partition coefficient (Wildman–Crippen LogP) is 3.37. The third-order valence-electron chi connectivity index (χ3n) is 2.89. The lowest BCUT2D eigenvalue weighted by molar-refractivity contribution is -0.145. The van der Waals surface area contributed by atoms with Crippen LogP contribution in [0.5, 0.6) is 0 Å². The van der Waals surface area contributed by atoms with Gasteiger partial charge in [0.05, 0.1) is 0 Å². The van der Waals surface area contributed by atoms with Crippen molar-refractivity contribution in [1.29, 1.82) is 0 Å². The molecule has 1 aliphatic carbocycles. The van der Waals surface area contributed by atoms with E-state index in [1.807, 2.05) is 17.5 Å². The van der Waals surface area contributed by atoms with Crippen LogP contribution in [-0.2, 0) is 16.1 Å². The number of hydrogen-bond donors (Lipinski definition) is 0. The quantitative estimate of drug-likeness (QED) is 0.733. The highest BCUT2D eigenvalue weighted by atomic mass is 32.1. The first-order valence-electron chi connectivity index (χ1n) is 5.52. The molecule has 1 heterocycles. The van der Waals surface area contributed by atoms with Crippen LogP contribution in [-0.4, -0.2) is 5.97 Å². The molecule has 1 aliphatic rings. The molecule has 0 N–H and O–H groups in total. The van der Waals surface area contributed by atoms with Crippen molar-refractivity contribution in [2.24, 2.45) is 5.92 Å². The fraction of sp³-hybridized carbons (Fsp3) is 0.583. The second kappa shape index (κ2) is 5.31. The van der Waals surface area contributed by atoms with Gasteiger partial charge in [-0.15, -0.1) is 11.3 Å². The third-order valence-corrected chi connectivity index (χ3v) is 3.74. The molecule has 0 spiro atoms. The highest BCUT2D eigenvalue weighted by Crippen LogP contribution is 2.27. The average Bonchev–Trinajstić information content (AvgIpc) is 2.86. The van der Waals surface area contributed by atoms with Crippen molar-refractivity contribution in [2.45, 2.75) is 38.7 Å². The molecule has 2 nitrogen and oxygen atoms in total. The molecule has 2 rings (SSSR count). The zero-order chi connectivity index (χ0) is 10.5. The predicted molar refractivity (Wildman–Crippen MR) is 60.7 cm³/mol. The summed E-state index contributed by atoms with van der Waals surface area (Å²) in [5.41, 5.74) is 0. The Morgan fingerprint density at radius 1 is 1.47 bits per heavy atom. The second-order valence-corrected chi connectivity index (χ2v) is 5.13. The number of carbonyl (C=O) groups is 1. The molecule has 0 amide bonds. The summed E-state index contributed by atoms with van der Waals surface area (Å²) < 4.78 is 5.22. The Balaban J connectivity index is 1.68. The van der Waals surface area contributed by atoms with Gasteiger partial charge in [0.25, 0.3) is 0 Å². The molecular weight excluding hydrogens is 208 g/mol. The minimum absolute atomic E-state index is 0.0321. The van der Waals surface area contributed by atoms with E-state index in [-0.39, 0.29) is 5.97 Å². The van der Waals surface area contributed by atoms with Crippen LogP contribution >= 0.6 is 11.3 Å². The van der Waals surface area contributed by atoms with Crippen molar-refractivity contribution in [3.63, 3.8) is 0 Å². The molecule has 3 heteroatoms. The smallest absolute Gasteiger partial charge is 0.306 e. The van der Waals surface area contributed by atoms with E-state index in [1.165, 1.54) is 25.7 Å². The van der Waals surface area contributed by atoms with E-state index in [1.54, 1.807) is 11.3 Å². The van der Waals surface area contributed by atoms with Gasteiger partial charge in [-0.3, -0.25) is 4.79 Å². The van der Waals surface area contributed by atoms with E-state index < -0.39 is 0 Å². The standard InChI is InChI=1S/C12H16O2S/c13-12(8-10-4-1-2-5-10)14-9-11-6-3-7-15-11/h3,6-7,10H,1-2,4-5,8-9H2. The monoisotopic (exact) mass is 224 g/mol. The zero-order valence-corrected chi connectivity index (χ0v) is 9.59. The summed E-state index contributed by atoms with van der Waals surface area (Å²) in [6.45, 7) is 0.448. The summed E-state index contributed by atoms with van der Waals surface area (Å²) in [6.07, 6.45) is 5.58. The van der Waals surface area contributed by atoms with Crippen LogP contribution in [0.2, 0.25) is 0 Å². The number of rotatable bonds is 4. The van der Waals surface area contributed by atoms with Gasteiger partial charge in [-0.05, 0) is 30.2 Å². The van der Waals surface area contributed by atoms with Gasteiger partial charge in [0.1, 0.15) is 6.61 Å². The minimum atomic E-state index is -0.0321. The summed E-state index contributed by atoms with van der Waals surface area (Å²) in [6, 6.07) is 3.97. The fourth-order valence-corrected chi connectivity index (χ4v) is 2.67. The Morgan fingerprint density at radius 2 is 2.27 bits per heavy atom. The number of esters is 1. The maximum atomic E-state index is 11.5. The Kier molecular flexibility index (Phi) is 3.78. The summed E-state index contributed by atoms with van der Waals surface area (Å²) in [5.74, 6) is 0.552. The van der Waals surface area contributed by atoms with E-state index in [0.29, 0.717) is 18.9 Å². The fourth-order valence-electron chi connectivity index (χ4n) is 2.06. The van der Waals surface area contributed by atoms with Gasteiger partial charge in [-0.25, -0.2) is 0 Å². The summed E-state index contributed by atoms with van der Waals surface area (Å²) in [4.78, 5) is 12.6. The van der Waals surface area contributed by atoms with Gasteiger partial charge in [-0.2, -0.15) is 0 Å². The van der Waals surface area contributed by atoms with Gasteiger partial charge in [0.15, 0.2) is 0 Å². The Labute approximate surface area is 94.3 Å². The van der Waals surface area contributed by atoms with Crippen LogP contribution in [0.1, 0.15) is 37.0 Å². The number of ether oxygens (including phenoxy) is 1. The molecule has 1 aromatic heterocycles. The van der Waals surface area contributed by atoms with Crippen LogP contribution in [0.4, 0.5) is 0 Å². The molecule has 0 bridgehead atoms. The lowest BCUT2D eigenvalue weighted by atomic mass is 10.1. The SMILES string of the molecule is O=C(CC1CCCC1)OCc1cccs1. The van der Waals surface area contributed by atoms with E-state index >= 15 is 0 Å². The van der Waals surface area contributed by atoms with Crippen molar-refractivity contribution in [3.05, 3.63) is 22.4 Å². The molecule has 1 saturated carbocycles. The highest BCUT2D eigenvalue weighted by molar-refractivity contribution is 7.09. The Morgan fingerprint density at radius 3 is 2.93 bits per heavy atom. The molecule has 0 unspecified atom stereocenters. The van der Waals surface area contributed by atoms with Gasteiger partial charge < -0.3 is 4.74 Å². The van der Waals surface area contributed by atoms with Crippen LogP contribution in [0, 0.1) is 5.92 Å². The molecule has 0 aliphatic heterocycles. The average molecular weight is 224 g/mol. The first kappa shape index (κ1) is 10.7. The molecule has 0 radical (unpaired) electrons. The maximum absolute atomic E-state index is 11.5. The lowest BCUT2D eigenvalue weighted by Gasteiger charge is -2.07. The largest absolute Gasteiger partial charge is 0.460 e. The topological polar surface area (TPSA) is 26.3 Å². The van der Waals surface area contributed by atoms with Crippen molar-refractivity contribution in [1.82, 2.24) is 0 Å². The van der Waals surface area contributed by atoms with Crippen molar-refractivity contribution in [2.75, 3.05) is 0 Å². The van der Waals surface area contributed by atoms with Crippen LogP contribution in [0.3, 0.4) is 0 Å². The van der Waals surface area contributed by atoms with E-state index in [4.69, 9.17) is 4.74 Å². The molecule has 0 aromatic carbocycles. The van der Waals surface area contributed by atoms with Gasteiger partial charge in [0.2, 0.25) is 0 Å². The van der Waals surface area contributed by atoms with Gasteiger partial charge in [0, 0.05) is 11.3 Å². The molecule has 0 atom stereocenters. The van der Waals surface area contributed by atoms with Crippen molar-refractivity contribution >= 4 is 17.3 Å². The van der Waals surface area contributed by atoms with Crippen LogP contribution < -0.4 is 0 Å². The second-order valence-electron chi connectivity index (χ2n) is 4.09. The molecule has 0 saturated heterocycles. The normalized spacial score (nSPS) is 16.8. The lowest BCUT2D eigenvalue weighted by Crippen LogP contribution is -2.08. The number of thiophene rings is 1. The molecule has 1 fully saturated rings. The van der Waals surface area contributed by atoms with Crippen LogP contribution in [0.15, 0.2) is 17.5 Å². The van der Waals surface area contributed by atoms with Gasteiger partial charge >= 0.3 is 5.97 Å². The zero-order valence-electron chi connectivity index (χ0n) is 8.78. The summed E-state index contributed by atoms with van der Waals surface area (Å²) in [5, 5.41) is 2.00. The molecule has 1 aromatic rings. The molecule has 82 valence electrons. The van der Waals surface area contributed by atoms with Gasteiger partial charge in [-0.1, -0.05) is 18.9 Å². The summed E-state index contributed by atoms with van der Waals surface area (Å²) in [7, 11) is 0. The Hall–Kier alpha value is -0.830. The van der Waals surface area contributed by atoms with E-state index in [0.717, 1.165) is 4.88 Å². The number of carbonyl (C=O) groups excluding carboxylic acids is 1.